The molecule has 174 valence electrons. The number of hydrogen-bond donors (Lipinski definition) is 1. The molecule has 1 fully saturated rings. The quantitative estimate of drug-likeness (QED) is 0.459. The normalized spacial score (nSPS) is 15.3. The molecule has 9 nitrogen and oxygen atoms in total. The van der Waals surface area contributed by atoms with E-state index in [1.54, 1.807) is 0 Å². The minimum atomic E-state index is 0. The molecule has 5 rings (SSSR count). The fourth-order valence-electron chi connectivity index (χ4n) is 4.17. The maximum Gasteiger partial charge on any atom is 0.228 e. The van der Waals surface area contributed by atoms with Gasteiger partial charge in [-0.1, -0.05) is 18.2 Å². The van der Waals surface area contributed by atoms with E-state index in [4.69, 9.17) is 4.98 Å². The van der Waals surface area contributed by atoms with Crippen molar-refractivity contribution >= 4 is 46.1 Å². The molecule has 0 unspecified atom stereocenters. The fourth-order valence-corrected chi connectivity index (χ4v) is 4.17. The molecule has 33 heavy (non-hydrogen) atoms. The molecule has 0 atom stereocenters. The number of nitrogens with zero attached hydrogens (tertiary/aromatic N) is 8. The number of pyridine rings is 1. The van der Waals surface area contributed by atoms with E-state index in [-0.39, 0.29) is 18.4 Å². The second-order valence-corrected chi connectivity index (χ2v) is 8.58. The van der Waals surface area contributed by atoms with Crippen LogP contribution < -0.4 is 5.32 Å². The summed E-state index contributed by atoms with van der Waals surface area (Å²) >= 11 is 0. The van der Waals surface area contributed by atoms with Gasteiger partial charge in [-0.3, -0.25) is 4.90 Å². The van der Waals surface area contributed by atoms with Crippen LogP contribution in [0.25, 0.3) is 21.9 Å². The predicted molar refractivity (Wildman–Crippen MR) is 133 cm³/mol. The number of nitrogens with one attached hydrogen (secondary N) is 1. The zero-order valence-electron chi connectivity index (χ0n) is 19.3. The first-order valence-corrected chi connectivity index (χ1v) is 11.3. The van der Waals surface area contributed by atoms with Crippen molar-refractivity contribution < 1.29 is 0 Å². The average molecular weight is 468 g/mol. The summed E-state index contributed by atoms with van der Waals surface area (Å²) < 4.78 is 1.90. The molecule has 1 saturated heterocycles. The molecule has 4 aromatic rings. The SMILES string of the molecule is CCN1CCN(Cc2ccc(Nc3ncc4ccc5nnn(C(C)C)c5c4n3)nc2)CC1.Cl. The summed E-state index contributed by atoms with van der Waals surface area (Å²) in [6.07, 6.45) is 3.76. The maximum absolute atomic E-state index is 4.77. The first-order chi connectivity index (χ1) is 15.6. The van der Waals surface area contributed by atoms with E-state index in [1.165, 1.54) is 5.56 Å². The fraction of sp³-hybridized carbons (Fsp3) is 0.435. The number of piperazine rings is 1. The van der Waals surface area contributed by atoms with Gasteiger partial charge in [0.2, 0.25) is 5.95 Å². The molecule has 3 aromatic heterocycles. The predicted octanol–water partition coefficient (Wildman–Crippen LogP) is 3.65. The van der Waals surface area contributed by atoms with Crippen LogP contribution in [-0.4, -0.2) is 72.5 Å². The summed E-state index contributed by atoms with van der Waals surface area (Å²) in [6, 6.07) is 8.25. The molecule has 0 bridgehead atoms. The smallest absolute Gasteiger partial charge is 0.228 e. The van der Waals surface area contributed by atoms with Gasteiger partial charge in [0.15, 0.2) is 0 Å². The molecule has 1 N–H and O–H groups in total. The Bertz CT molecular complexity index is 1210. The Morgan fingerprint density at radius 1 is 0.970 bits per heavy atom. The second-order valence-electron chi connectivity index (χ2n) is 8.58. The average Bonchev–Trinajstić information content (AvgIpc) is 3.26. The molecule has 10 heteroatoms. The zero-order chi connectivity index (χ0) is 22.1. The van der Waals surface area contributed by atoms with Crippen LogP contribution in [0, 0.1) is 0 Å². The summed E-state index contributed by atoms with van der Waals surface area (Å²) in [6.45, 7) is 13.0. The Hall–Kier alpha value is -2.88. The number of fused-ring (bicyclic) bond motifs is 3. The molecule has 1 aliphatic rings. The highest BCUT2D eigenvalue weighted by atomic mass is 35.5. The molecule has 0 radical (unpaired) electrons. The Kier molecular flexibility index (Phi) is 7.02. The lowest BCUT2D eigenvalue weighted by atomic mass is 10.2. The molecule has 4 heterocycles. The van der Waals surface area contributed by atoms with E-state index in [9.17, 15) is 0 Å². The van der Waals surface area contributed by atoms with Crippen molar-refractivity contribution in [2.45, 2.75) is 33.4 Å². The van der Waals surface area contributed by atoms with Crippen molar-refractivity contribution in [3.63, 3.8) is 0 Å². The highest BCUT2D eigenvalue weighted by molar-refractivity contribution is 6.01. The van der Waals surface area contributed by atoms with Crippen LogP contribution in [0.3, 0.4) is 0 Å². The van der Waals surface area contributed by atoms with Gasteiger partial charge in [-0.15, -0.1) is 17.5 Å². The van der Waals surface area contributed by atoms with E-state index in [0.717, 1.165) is 67.0 Å². The number of anilines is 2. The molecule has 0 amide bonds. The summed E-state index contributed by atoms with van der Waals surface area (Å²) in [7, 11) is 0. The molecular weight excluding hydrogens is 438 g/mol. The molecule has 1 aromatic carbocycles. The van der Waals surface area contributed by atoms with Crippen LogP contribution in [0.15, 0.2) is 36.7 Å². The van der Waals surface area contributed by atoms with E-state index < -0.39 is 0 Å². The topological polar surface area (TPSA) is 87.9 Å². The van der Waals surface area contributed by atoms with Gasteiger partial charge in [0.1, 0.15) is 22.4 Å². The molecule has 0 saturated carbocycles. The number of hydrogen-bond acceptors (Lipinski definition) is 8. The number of benzene rings is 1. The molecule has 1 aliphatic heterocycles. The van der Waals surface area contributed by atoms with Gasteiger partial charge in [-0.25, -0.2) is 19.6 Å². The van der Waals surface area contributed by atoms with Crippen molar-refractivity contribution in [1.29, 1.82) is 0 Å². The Morgan fingerprint density at radius 2 is 1.76 bits per heavy atom. The van der Waals surface area contributed by atoms with Crippen LogP contribution in [0.5, 0.6) is 0 Å². The number of likely N-dealkylation sites (N-methyl/N-ethyl adjacent to an activating group) is 1. The van der Waals surface area contributed by atoms with Gasteiger partial charge >= 0.3 is 0 Å². The first-order valence-electron chi connectivity index (χ1n) is 11.3. The summed E-state index contributed by atoms with van der Waals surface area (Å²) in [4.78, 5) is 18.8. The van der Waals surface area contributed by atoms with Crippen LogP contribution in [0.2, 0.25) is 0 Å². The summed E-state index contributed by atoms with van der Waals surface area (Å²) in [5.41, 5.74) is 3.81. The summed E-state index contributed by atoms with van der Waals surface area (Å²) in [5.74, 6) is 1.24. The Balaban J connectivity index is 0.00000259. The Labute approximate surface area is 199 Å². The lowest BCUT2D eigenvalue weighted by Crippen LogP contribution is -2.45. The third kappa shape index (κ3) is 4.90. The van der Waals surface area contributed by atoms with Crippen molar-refractivity contribution in [1.82, 2.24) is 39.7 Å². The standard InChI is InChI=1S/C23H29N9.ClH/c1-4-30-9-11-31(12-10-30)15-17-5-8-20(24-13-17)26-23-25-14-18-6-7-19-22(21(18)27-23)32(16(2)3)29-28-19;/h5-8,13-14,16H,4,9-12,15H2,1-3H3,(H,24,25,26,27);1H. The van der Waals surface area contributed by atoms with E-state index in [0.29, 0.717) is 5.95 Å². The molecule has 0 aliphatic carbocycles. The Morgan fingerprint density at radius 3 is 2.45 bits per heavy atom. The van der Waals surface area contributed by atoms with Crippen molar-refractivity contribution in [3.05, 3.63) is 42.2 Å². The van der Waals surface area contributed by atoms with Crippen LogP contribution in [-0.2, 0) is 6.54 Å². The van der Waals surface area contributed by atoms with Crippen molar-refractivity contribution in [2.24, 2.45) is 0 Å². The van der Waals surface area contributed by atoms with Gasteiger partial charge in [-0.2, -0.15) is 0 Å². The largest absolute Gasteiger partial charge is 0.309 e. The monoisotopic (exact) mass is 467 g/mol. The van der Waals surface area contributed by atoms with E-state index >= 15 is 0 Å². The van der Waals surface area contributed by atoms with Gasteiger partial charge in [0.05, 0.1) is 0 Å². The van der Waals surface area contributed by atoms with Crippen molar-refractivity contribution in [2.75, 3.05) is 38.0 Å². The summed E-state index contributed by atoms with van der Waals surface area (Å²) in [5, 5.41) is 12.8. The maximum atomic E-state index is 4.77. The number of aromatic nitrogens is 6. The van der Waals surface area contributed by atoms with Crippen LogP contribution >= 0.6 is 12.4 Å². The minimum absolute atomic E-state index is 0. The minimum Gasteiger partial charge on any atom is -0.309 e. The van der Waals surface area contributed by atoms with Gasteiger partial charge in [0, 0.05) is 56.5 Å². The molecular formula is C23H30ClN9. The number of halogens is 1. The third-order valence-corrected chi connectivity index (χ3v) is 6.05. The van der Waals surface area contributed by atoms with Gasteiger partial charge in [0.25, 0.3) is 0 Å². The zero-order valence-corrected chi connectivity index (χ0v) is 20.1. The van der Waals surface area contributed by atoms with Crippen LogP contribution in [0.4, 0.5) is 11.8 Å². The van der Waals surface area contributed by atoms with Gasteiger partial charge in [-0.05, 0) is 44.2 Å². The highest BCUT2D eigenvalue weighted by Crippen LogP contribution is 2.25. The van der Waals surface area contributed by atoms with Crippen molar-refractivity contribution in [3.8, 4) is 0 Å². The van der Waals surface area contributed by atoms with E-state index in [1.807, 2.05) is 35.3 Å². The third-order valence-electron chi connectivity index (χ3n) is 6.05. The van der Waals surface area contributed by atoms with E-state index in [2.05, 4.69) is 62.2 Å². The number of rotatable bonds is 6. The lowest BCUT2D eigenvalue weighted by molar-refractivity contribution is 0.132. The van der Waals surface area contributed by atoms with Gasteiger partial charge < -0.3 is 10.2 Å². The highest BCUT2D eigenvalue weighted by Gasteiger charge is 2.16. The first kappa shape index (κ1) is 23.3. The molecule has 0 spiro atoms. The lowest BCUT2D eigenvalue weighted by Gasteiger charge is -2.33. The van der Waals surface area contributed by atoms with Crippen LogP contribution in [0.1, 0.15) is 32.4 Å². The second kappa shape index (κ2) is 9.94.